The molecule has 0 unspecified atom stereocenters. The van der Waals surface area contributed by atoms with Crippen molar-refractivity contribution in [2.45, 2.75) is 39.8 Å². The Bertz CT molecular complexity index is 812. The Kier molecular flexibility index (Phi) is 7.28. The van der Waals surface area contributed by atoms with Crippen molar-refractivity contribution in [3.05, 3.63) is 68.7 Å². The van der Waals surface area contributed by atoms with Gasteiger partial charge in [-0.3, -0.25) is 9.59 Å². The molecule has 1 atom stereocenters. The van der Waals surface area contributed by atoms with Gasteiger partial charge in [-0.05, 0) is 38.5 Å². The van der Waals surface area contributed by atoms with E-state index in [-0.39, 0.29) is 24.8 Å². The van der Waals surface area contributed by atoms with Crippen molar-refractivity contribution in [2.75, 3.05) is 7.05 Å². The Morgan fingerprint density at radius 1 is 1.07 bits per heavy atom. The molecule has 2 amide bonds. The van der Waals surface area contributed by atoms with Crippen LogP contribution in [0, 0.1) is 13.8 Å². The lowest BCUT2D eigenvalue weighted by Gasteiger charge is -2.29. The van der Waals surface area contributed by atoms with Gasteiger partial charge in [0.1, 0.15) is 6.04 Å². The number of carbonyl (C=O) groups is 2. The first-order valence-electron chi connectivity index (χ1n) is 8.74. The molecule has 0 heterocycles. The van der Waals surface area contributed by atoms with E-state index in [1.807, 2.05) is 26.0 Å². The van der Waals surface area contributed by atoms with Crippen LogP contribution in [0.4, 0.5) is 0 Å². The molecule has 0 aliphatic heterocycles. The molecule has 2 aromatic rings. The molecule has 0 bridgehead atoms. The smallest absolute Gasteiger partial charge is 0.242 e. The zero-order valence-electron chi connectivity index (χ0n) is 16.0. The predicted octanol–water partition coefficient (Wildman–Crippen LogP) is 4.32. The van der Waals surface area contributed by atoms with Gasteiger partial charge in [-0.15, -0.1) is 0 Å². The Morgan fingerprint density at radius 3 is 2.15 bits per heavy atom. The van der Waals surface area contributed by atoms with Crippen LogP contribution in [0.25, 0.3) is 0 Å². The van der Waals surface area contributed by atoms with Crippen LogP contribution < -0.4 is 5.32 Å². The summed E-state index contributed by atoms with van der Waals surface area (Å²) in [5.74, 6) is -0.404. The minimum absolute atomic E-state index is 0.160. The zero-order valence-corrected chi connectivity index (χ0v) is 17.5. The van der Waals surface area contributed by atoms with Crippen LogP contribution in [0.5, 0.6) is 0 Å². The van der Waals surface area contributed by atoms with E-state index < -0.39 is 6.04 Å². The van der Waals surface area contributed by atoms with E-state index in [0.717, 1.165) is 16.7 Å². The van der Waals surface area contributed by atoms with Gasteiger partial charge in [0, 0.05) is 29.2 Å². The highest BCUT2D eigenvalue weighted by atomic mass is 35.5. The standard InChI is InChI=1S/C21H24Cl2N2O2/c1-13-8-14(2)10-16(9-13)11-20(26)25(15(3)21(27)24-4)12-17-18(22)6-5-7-19(17)23/h5-10,15H,11-12H2,1-4H3,(H,24,27)/t15-/m1/s1. The molecule has 0 saturated carbocycles. The number of amides is 2. The summed E-state index contributed by atoms with van der Waals surface area (Å²) in [7, 11) is 1.55. The van der Waals surface area contributed by atoms with Crippen LogP contribution in [0.1, 0.15) is 29.2 Å². The van der Waals surface area contributed by atoms with Crippen molar-refractivity contribution >= 4 is 35.0 Å². The van der Waals surface area contributed by atoms with E-state index in [1.165, 1.54) is 4.90 Å². The molecule has 0 spiro atoms. The zero-order chi connectivity index (χ0) is 20.1. The second-order valence-electron chi connectivity index (χ2n) is 6.68. The lowest BCUT2D eigenvalue weighted by atomic mass is 10.0. The summed E-state index contributed by atoms with van der Waals surface area (Å²) < 4.78 is 0. The van der Waals surface area contributed by atoms with Crippen LogP contribution >= 0.6 is 23.2 Å². The summed E-state index contributed by atoms with van der Waals surface area (Å²) in [6, 6.07) is 10.6. The SMILES string of the molecule is CNC(=O)[C@@H](C)N(Cc1c(Cl)cccc1Cl)C(=O)Cc1cc(C)cc(C)c1. The van der Waals surface area contributed by atoms with Gasteiger partial charge in [-0.25, -0.2) is 0 Å². The molecule has 6 heteroatoms. The molecule has 0 saturated heterocycles. The third kappa shape index (κ3) is 5.47. The number of halogens is 2. The number of likely N-dealkylation sites (N-methyl/N-ethyl adjacent to an activating group) is 1. The van der Waals surface area contributed by atoms with E-state index in [4.69, 9.17) is 23.2 Å². The second-order valence-corrected chi connectivity index (χ2v) is 7.50. The van der Waals surface area contributed by atoms with Gasteiger partial charge < -0.3 is 10.2 Å². The first kappa shape index (κ1) is 21.3. The number of rotatable bonds is 6. The topological polar surface area (TPSA) is 49.4 Å². The molecule has 0 radical (unpaired) electrons. The summed E-state index contributed by atoms with van der Waals surface area (Å²) in [4.78, 5) is 26.8. The van der Waals surface area contributed by atoms with Crippen molar-refractivity contribution in [1.82, 2.24) is 10.2 Å². The van der Waals surface area contributed by atoms with Gasteiger partial charge in [0.15, 0.2) is 0 Å². The molecule has 2 aromatic carbocycles. The van der Waals surface area contributed by atoms with Gasteiger partial charge in [-0.2, -0.15) is 0 Å². The van der Waals surface area contributed by atoms with E-state index in [9.17, 15) is 9.59 Å². The number of hydrogen-bond acceptors (Lipinski definition) is 2. The van der Waals surface area contributed by atoms with Gasteiger partial charge in [-0.1, -0.05) is 58.6 Å². The van der Waals surface area contributed by atoms with Gasteiger partial charge in [0.2, 0.25) is 11.8 Å². The predicted molar refractivity (Wildman–Crippen MR) is 110 cm³/mol. The number of benzene rings is 2. The highest BCUT2D eigenvalue weighted by molar-refractivity contribution is 6.36. The normalized spacial score (nSPS) is 11.8. The summed E-state index contributed by atoms with van der Waals surface area (Å²) in [5, 5.41) is 3.54. The van der Waals surface area contributed by atoms with Crippen molar-refractivity contribution in [3.8, 4) is 0 Å². The molecule has 4 nitrogen and oxygen atoms in total. The second kappa shape index (κ2) is 9.25. The summed E-state index contributed by atoms with van der Waals surface area (Å²) >= 11 is 12.6. The average Bonchev–Trinajstić information content (AvgIpc) is 2.59. The van der Waals surface area contributed by atoms with Gasteiger partial charge in [0.25, 0.3) is 0 Å². The van der Waals surface area contributed by atoms with Crippen LogP contribution in [-0.4, -0.2) is 29.8 Å². The highest BCUT2D eigenvalue weighted by Crippen LogP contribution is 2.27. The Hall–Kier alpha value is -2.04. The summed E-state index contributed by atoms with van der Waals surface area (Å²) in [5.41, 5.74) is 3.73. The summed E-state index contributed by atoms with van der Waals surface area (Å²) in [6.45, 7) is 5.85. The number of carbonyl (C=O) groups excluding carboxylic acids is 2. The van der Waals surface area contributed by atoms with Crippen molar-refractivity contribution < 1.29 is 9.59 Å². The van der Waals surface area contributed by atoms with Crippen molar-refractivity contribution in [2.24, 2.45) is 0 Å². The Morgan fingerprint density at radius 2 is 1.63 bits per heavy atom. The fraction of sp³-hybridized carbons (Fsp3) is 0.333. The number of nitrogens with one attached hydrogen (secondary N) is 1. The quantitative estimate of drug-likeness (QED) is 0.776. The van der Waals surface area contributed by atoms with Crippen molar-refractivity contribution in [1.29, 1.82) is 0 Å². The molecule has 0 aromatic heterocycles. The minimum atomic E-state index is -0.652. The van der Waals surface area contributed by atoms with E-state index >= 15 is 0 Å². The lowest BCUT2D eigenvalue weighted by Crippen LogP contribution is -2.47. The average molecular weight is 407 g/mol. The Labute approximate surface area is 170 Å². The molecule has 0 fully saturated rings. The van der Waals surface area contributed by atoms with Crippen LogP contribution in [0.15, 0.2) is 36.4 Å². The molecular weight excluding hydrogens is 383 g/mol. The van der Waals surface area contributed by atoms with Gasteiger partial charge in [0.05, 0.1) is 6.42 Å². The maximum atomic E-state index is 13.1. The molecule has 27 heavy (non-hydrogen) atoms. The molecule has 0 aliphatic rings. The van der Waals surface area contributed by atoms with Crippen LogP contribution in [0.2, 0.25) is 10.0 Å². The Balaban J connectivity index is 2.34. The molecule has 1 N–H and O–H groups in total. The largest absolute Gasteiger partial charge is 0.357 e. The molecule has 0 aliphatic carbocycles. The van der Waals surface area contributed by atoms with E-state index in [0.29, 0.717) is 15.6 Å². The fourth-order valence-electron chi connectivity index (χ4n) is 3.09. The van der Waals surface area contributed by atoms with E-state index in [1.54, 1.807) is 32.2 Å². The number of hydrogen-bond donors (Lipinski definition) is 1. The van der Waals surface area contributed by atoms with Crippen LogP contribution in [0.3, 0.4) is 0 Å². The molecular formula is C21H24Cl2N2O2. The first-order valence-corrected chi connectivity index (χ1v) is 9.49. The fourth-order valence-corrected chi connectivity index (χ4v) is 3.61. The van der Waals surface area contributed by atoms with Crippen LogP contribution in [-0.2, 0) is 22.6 Å². The lowest BCUT2D eigenvalue weighted by molar-refractivity contribution is -0.139. The van der Waals surface area contributed by atoms with E-state index in [2.05, 4.69) is 11.4 Å². The maximum Gasteiger partial charge on any atom is 0.242 e. The molecule has 144 valence electrons. The number of aryl methyl sites for hydroxylation is 2. The van der Waals surface area contributed by atoms with Crippen molar-refractivity contribution in [3.63, 3.8) is 0 Å². The third-order valence-electron chi connectivity index (χ3n) is 4.44. The maximum absolute atomic E-state index is 13.1. The monoisotopic (exact) mass is 406 g/mol. The first-order chi connectivity index (χ1) is 12.7. The molecule has 2 rings (SSSR count). The van der Waals surface area contributed by atoms with Gasteiger partial charge >= 0.3 is 0 Å². The summed E-state index contributed by atoms with van der Waals surface area (Å²) in [6.07, 6.45) is 0.200. The number of nitrogens with zero attached hydrogens (tertiary/aromatic N) is 1. The third-order valence-corrected chi connectivity index (χ3v) is 5.15. The highest BCUT2D eigenvalue weighted by Gasteiger charge is 2.27. The minimum Gasteiger partial charge on any atom is -0.357 e.